The van der Waals surface area contributed by atoms with Gasteiger partial charge < -0.3 is 15.4 Å². The van der Waals surface area contributed by atoms with Crippen LogP contribution in [0, 0.1) is 0 Å². The summed E-state index contributed by atoms with van der Waals surface area (Å²) in [5, 5.41) is 5.36. The molecule has 0 radical (unpaired) electrons. The molecule has 1 unspecified atom stereocenters. The number of para-hydroxylation sites is 1. The van der Waals surface area contributed by atoms with E-state index in [1.807, 2.05) is 48.5 Å². The monoisotopic (exact) mass is 411 g/mol. The zero-order valence-corrected chi connectivity index (χ0v) is 17.0. The maximum absolute atomic E-state index is 12.4. The van der Waals surface area contributed by atoms with Crippen LogP contribution in [0.4, 0.5) is 11.4 Å². The van der Waals surface area contributed by atoms with Crippen LogP contribution in [-0.4, -0.2) is 54.8 Å². The van der Waals surface area contributed by atoms with Gasteiger partial charge >= 0.3 is 0 Å². The lowest BCUT2D eigenvalue weighted by atomic mass is 10.1. The molecule has 0 bridgehead atoms. The fraction of sp³-hybridized carbons (Fsp3) is 0.364. The molecule has 0 aliphatic carbocycles. The van der Waals surface area contributed by atoms with Crippen molar-refractivity contribution in [1.82, 2.24) is 4.90 Å². The molecule has 0 saturated carbocycles. The van der Waals surface area contributed by atoms with E-state index < -0.39 is 5.25 Å². The van der Waals surface area contributed by atoms with E-state index in [0.29, 0.717) is 0 Å². The number of thioether (sulfide) groups is 1. The molecule has 152 valence electrons. The third kappa shape index (κ3) is 5.38. The Morgan fingerprint density at radius 1 is 1.14 bits per heavy atom. The lowest BCUT2D eigenvalue weighted by molar-refractivity contribution is -0.120. The van der Waals surface area contributed by atoms with Gasteiger partial charge in [0.25, 0.3) is 0 Å². The Bertz CT molecular complexity index is 866. The van der Waals surface area contributed by atoms with Crippen LogP contribution in [-0.2, 0) is 20.7 Å². The maximum atomic E-state index is 12.4. The Kier molecular flexibility index (Phi) is 6.49. The normalized spacial score (nSPS) is 19.3. The van der Waals surface area contributed by atoms with E-state index in [-0.39, 0.29) is 18.2 Å². The van der Waals surface area contributed by atoms with Gasteiger partial charge in [0.05, 0.1) is 24.2 Å². The molecular weight excluding hydrogens is 386 g/mol. The summed E-state index contributed by atoms with van der Waals surface area (Å²) in [5.41, 5.74) is 2.81. The predicted molar refractivity (Wildman–Crippen MR) is 115 cm³/mol. The molecule has 7 heteroatoms. The predicted octanol–water partition coefficient (Wildman–Crippen LogP) is 3.00. The van der Waals surface area contributed by atoms with Crippen LogP contribution in [0.15, 0.2) is 53.4 Å². The number of hydrogen-bond donors (Lipinski definition) is 2. The van der Waals surface area contributed by atoms with E-state index in [2.05, 4.69) is 15.5 Å². The first-order valence-corrected chi connectivity index (χ1v) is 10.8. The highest BCUT2D eigenvalue weighted by molar-refractivity contribution is 8.01. The average molecular weight is 412 g/mol. The third-order valence-corrected chi connectivity index (χ3v) is 6.41. The number of morpholine rings is 1. The fourth-order valence-corrected chi connectivity index (χ4v) is 4.58. The second-order valence-corrected chi connectivity index (χ2v) is 8.49. The quantitative estimate of drug-likeness (QED) is 0.765. The first-order valence-electron chi connectivity index (χ1n) is 9.93. The summed E-state index contributed by atoms with van der Waals surface area (Å²) in [4.78, 5) is 28.1. The van der Waals surface area contributed by atoms with Crippen LogP contribution in [0.2, 0.25) is 0 Å². The van der Waals surface area contributed by atoms with Crippen molar-refractivity contribution in [3.63, 3.8) is 0 Å². The number of hydrogen-bond acceptors (Lipinski definition) is 5. The number of carbonyl (C=O) groups is 2. The van der Waals surface area contributed by atoms with Crippen LogP contribution in [0.25, 0.3) is 0 Å². The van der Waals surface area contributed by atoms with Crippen molar-refractivity contribution in [2.75, 3.05) is 43.5 Å². The van der Waals surface area contributed by atoms with Crippen molar-refractivity contribution in [2.45, 2.75) is 23.0 Å². The van der Waals surface area contributed by atoms with E-state index >= 15 is 0 Å². The summed E-state index contributed by atoms with van der Waals surface area (Å²) in [6.07, 6.45) is 1.12. The fourth-order valence-electron chi connectivity index (χ4n) is 3.47. The van der Waals surface area contributed by atoms with E-state index in [0.717, 1.165) is 55.5 Å². The molecule has 1 saturated heterocycles. The van der Waals surface area contributed by atoms with Gasteiger partial charge in [-0.1, -0.05) is 24.3 Å². The molecule has 2 aromatic carbocycles. The van der Waals surface area contributed by atoms with Crippen molar-refractivity contribution >= 4 is 35.0 Å². The third-order valence-electron chi connectivity index (χ3n) is 5.14. The molecule has 2 N–H and O–H groups in total. The van der Waals surface area contributed by atoms with Gasteiger partial charge in [-0.15, -0.1) is 11.8 Å². The zero-order chi connectivity index (χ0) is 20.1. The molecule has 29 heavy (non-hydrogen) atoms. The second kappa shape index (κ2) is 9.43. The molecule has 2 heterocycles. The van der Waals surface area contributed by atoms with E-state index in [9.17, 15) is 9.59 Å². The highest BCUT2D eigenvalue weighted by Gasteiger charge is 2.28. The number of benzene rings is 2. The molecule has 4 rings (SSSR count). The van der Waals surface area contributed by atoms with Gasteiger partial charge in [-0.3, -0.25) is 14.5 Å². The molecule has 2 amide bonds. The standard InChI is InChI=1S/C22H25N3O3S/c26-21(15-20-22(27)24-18-3-1-2-4-19(18)29-20)23-17-7-5-16(6-8-17)9-10-25-11-13-28-14-12-25/h1-8,20H,9-15H2,(H,23,26)(H,24,27). The van der Waals surface area contributed by atoms with Gasteiger partial charge in [-0.25, -0.2) is 0 Å². The summed E-state index contributed by atoms with van der Waals surface area (Å²) < 4.78 is 5.37. The summed E-state index contributed by atoms with van der Waals surface area (Å²) in [7, 11) is 0. The van der Waals surface area contributed by atoms with Gasteiger partial charge in [0.15, 0.2) is 0 Å². The van der Waals surface area contributed by atoms with Crippen molar-refractivity contribution in [2.24, 2.45) is 0 Å². The second-order valence-electron chi connectivity index (χ2n) is 7.25. The average Bonchev–Trinajstić information content (AvgIpc) is 2.74. The number of ether oxygens (including phenoxy) is 1. The highest BCUT2D eigenvalue weighted by atomic mass is 32.2. The molecule has 2 aliphatic heterocycles. The Hall–Kier alpha value is -2.35. The van der Waals surface area contributed by atoms with Gasteiger partial charge in [0.1, 0.15) is 0 Å². The first kappa shape index (κ1) is 19.9. The van der Waals surface area contributed by atoms with E-state index in [1.165, 1.54) is 17.3 Å². The first-order chi connectivity index (χ1) is 14.2. The number of nitrogens with zero attached hydrogens (tertiary/aromatic N) is 1. The Balaban J connectivity index is 1.27. The number of nitrogens with one attached hydrogen (secondary N) is 2. The molecule has 1 fully saturated rings. The zero-order valence-electron chi connectivity index (χ0n) is 16.2. The molecule has 0 spiro atoms. The summed E-state index contributed by atoms with van der Waals surface area (Å²) >= 11 is 1.44. The topological polar surface area (TPSA) is 70.7 Å². The highest BCUT2D eigenvalue weighted by Crippen LogP contribution is 2.36. The summed E-state index contributed by atoms with van der Waals surface area (Å²) in [5.74, 6) is -0.277. The van der Waals surface area contributed by atoms with Crippen LogP contribution in [0.3, 0.4) is 0 Å². The van der Waals surface area contributed by atoms with Crippen LogP contribution in [0.1, 0.15) is 12.0 Å². The van der Waals surface area contributed by atoms with E-state index in [4.69, 9.17) is 4.74 Å². The number of carbonyl (C=O) groups excluding carboxylic acids is 2. The molecule has 6 nitrogen and oxygen atoms in total. The number of fused-ring (bicyclic) bond motifs is 1. The lowest BCUT2D eigenvalue weighted by Crippen LogP contribution is -2.37. The van der Waals surface area contributed by atoms with Crippen molar-refractivity contribution < 1.29 is 14.3 Å². The van der Waals surface area contributed by atoms with Crippen molar-refractivity contribution in [1.29, 1.82) is 0 Å². The largest absolute Gasteiger partial charge is 0.379 e. The van der Waals surface area contributed by atoms with Crippen LogP contribution in [0.5, 0.6) is 0 Å². The minimum absolute atomic E-state index is 0.123. The lowest BCUT2D eigenvalue weighted by Gasteiger charge is -2.26. The molecule has 2 aliphatic rings. The Labute approximate surface area is 175 Å². The summed E-state index contributed by atoms with van der Waals surface area (Å²) in [6, 6.07) is 15.6. The Morgan fingerprint density at radius 2 is 1.90 bits per heavy atom. The minimum Gasteiger partial charge on any atom is -0.379 e. The molecule has 1 atom stereocenters. The molecule has 0 aromatic heterocycles. The smallest absolute Gasteiger partial charge is 0.238 e. The molecular formula is C22H25N3O3S. The number of rotatable bonds is 6. The SMILES string of the molecule is O=C(CC1Sc2ccccc2NC1=O)Nc1ccc(CCN2CCOCC2)cc1. The van der Waals surface area contributed by atoms with E-state index in [1.54, 1.807) is 0 Å². The Morgan fingerprint density at radius 3 is 2.69 bits per heavy atom. The van der Waals surface area contributed by atoms with Gasteiger partial charge in [-0.05, 0) is 36.2 Å². The van der Waals surface area contributed by atoms with Gasteiger partial charge in [-0.2, -0.15) is 0 Å². The minimum atomic E-state index is -0.419. The van der Waals surface area contributed by atoms with Gasteiger partial charge in [0, 0.05) is 36.6 Å². The van der Waals surface area contributed by atoms with Gasteiger partial charge in [0.2, 0.25) is 11.8 Å². The number of anilines is 2. The van der Waals surface area contributed by atoms with Crippen molar-refractivity contribution in [3.05, 3.63) is 54.1 Å². The van der Waals surface area contributed by atoms with Crippen LogP contribution < -0.4 is 10.6 Å². The molecule has 2 aromatic rings. The summed E-state index contributed by atoms with van der Waals surface area (Å²) in [6.45, 7) is 4.63. The van der Waals surface area contributed by atoms with Crippen LogP contribution >= 0.6 is 11.8 Å². The number of amides is 2. The maximum Gasteiger partial charge on any atom is 0.238 e. The van der Waals surface area contributed by atoms with Crippen molar-refractivity contribution in [3.8, 4) is 0 Å².